The van der Waals surface area contributed by atoms with Gasteiger partial charge in [-0.15, -0.1) is 0 Å². The van der Waals surface area contributed by atoms with Crippen molar-refractivity contribution in [1.29, 1.82) is 0 Å². The lowest BCUT2D eigenvalue weighted by molar-refractivity contribution is -0.0790. The van der Waals surface area contributed by atoms with Crippen LogP contribution in [0.15, 0.2) is 30.4 Å². The molecule has 0 N–H and O–H groups in total. The van der Waals surface area contributed by atoms with Gasteiger partial charge in [0, 0.05) is 6.08 Å². The Morgan fingerprint density at radius 1 is 1.20 bits per heavy atom. The molecule has 0 aliphatic heterocycles. The van der Waals surface area contributed by atoms with Gasteiger partial charge in [-0.25, -0.2) is 0 Å². The molecule has 0 saturated carbocycles. The van der Waals surface area contributed by atoms with E-state index in [1.807, 2.05) is 18.2 Å². The number of rotatable bonds is 1. The van der Waals surface area contributed by atoms with E-state index in [1.165, 1.54) is 5.56 Å². The second-order valence-corrected chi connectivity index (χ2v) is 3.44. The normalized spacial score (nSPS) is 14.9. The van der Waals surface area contributed by atoms with Gasteiger partial charge in [0.15, 0.2) is 0 Å². The van der Waals surface area contributed by atoms with Crippen LogP contribution in [0.4, 0.5) is 13.2 Å². The van der Waals surface area contributed by atoms with Gasteiger partial charge in [0.05, 0.1) is 0 Å². The molecule has 0 radical (unpaired) electrons. The molecule has 15 heavy (non-hydrogen) atoms. The summed E-state index contributed by atoms with van der Waals surface area (Å²) in [7, 11) is 0. The van der Waals surface area contributed by atoms with E-state index in [1.54, 1.807) is 12.1 Å². The fourth-order valence-corrected chi connectivity index (χ4v) is 1.56. The van der Waals surface area contributed by atoms with Crippen molar-refractivity contribution >= 4 is 12.2 Å². The number of hydrogen-bond acceptors (Lipinski definition) is 0. The molecule has 0 spiro atoms. The summed E-state index contributed by atoms with van der Waals surface area (Å²) in [4.78, 5) is 0. The molecule has 3 heteroatoms. The maximum atomic E-state index is 11.9. The molecule has 1 aliphatic rings. The van der Waals surface area contributed by atoms with Crippen LogP contribution in [0.1, 0.15) is 16.7 Å². The molecule has 1 aromatic carbocycles. The first-order valence-corrected chi connectivity index (χ1v) is 4.60. The van der Waals surface area contributed by atoms with E-state index in [0.717, 1.165) is 18.1 Å². The second kappa shape index (κ2) is 3.57. The van der Waals surface area contributed by atoms with Crippen molar-refractivity contribution in [3.05, 3.63) is 47.0 Å². The zero-order chi connectivity index (χ0) is 10.9. The van der Waals surface area contributed by atoms with Crippen molar-refractivity contribution in [1.82, 2.24) is 0 Å². The van der Waals surface area contributed by atoms with Crippen LogP contribution < -0.4 is 0 Å². The molecule has 0 amide bonds. The predicted molar refractivity (Wildman–Crippen MR) is 54.3 cm³/mol. The van der Waals surface area contributed by atoms with Crippen LogP contribution in [0.2, 0.25) is 0 Å². The van der Waals surface area contributed by atoms with Gasteiger partial charge in [0.2, 0.25) is 0 Å². The Labute approximate surface area is 85.7 Å². The molecule has 0 atom stereocenters. The van der Waals surface area contributed by atoms with Crippen molar-refractivity contribution in [3.8, 4) is 0 Å². The Morgan fingerprint density at radius 2 is 2.00 bits per heavy atom. The van der Waals surface area contributed by atoms with Crippen molar-refractivity contribution in [2.24, 2.45) is 0 Å². The molecular weight excluding hydrogens is 201 g/mol. The van der Waals surface area contributed by atoms with Crippen molar-refractivity contribution < 1.29 is 13.2 Å². The standard InChI is InChI=1S/C12H9F3/c13-12(14,15)7-6-9-4-5-10-2-1-3-11(10)8-9/h1,3-8H,2H2/b7-6-. The minimum atomic E-state index is -4.24. The smallest absolute Gasteiger partial charge is 0.167 e. The molecule has 78 valence electrons. The van der Waals surface area contributed by atoms with Gasteiger partial charge in [0.25, 0.3) is 0 Å². The molecule has 1 aromatic rings. The van der Waals surface area contributed by atoms with Gasteiger partial charge >= 0.3 is 6.18 Å². The van der Waals surface area contributed by atoms with Gasteiger partial charge < -0.3 is 0 Å². The second-order valence-electron chi connectivity index (χ2n) is 3.44. The third kappa shape index (κ3) is 2.49. The van der Waals surface area contributed by atoms with Crippen molar-refractivity contribution in [2.75, 3.05) is 0 Å². The molecule has 2 rings (SSSR count). The fraction of sp³-hybridized carbons (Fsp3) is 0.167. The SMILES string of the molecule is FC(F)(F)/C=C\c1ccc2c(c1)C=CC2. The summed E-state index contributed by atoms with van der Waals surface area (Å²) in [5, 5.41) is 0. The fourth-order valence-electron chi connectivity index (χ4n) is 1.56. The number of allylic oxidation sites excluding steroid dienone is 2. The Bertz CT molecular complexity index is 425. The summed E-state index contributed by atoms with van der Waals surface area (Å²) in [6.07, 6.45) is 1.91. The lowest BCUT2D eigenvalue weighted by Gasteiger charge is -2.01. The first kappa shape index (κ1) is 10.0. The number of benzene rings is 1. The molecular formula is C12H9F3. The van der Waals surface area contributed by atoms with E-state index >= 15 is 0 Å². The summed E-state index contributed by atoms with van der Waals surface area (Å²) in [6.45, 7) is 0. The summed E-state index contributed by atoms with van der Waals surface area (Å²) < 4.78 is 35.7. The zero-order valence-corrected chi connectivity index (χ0v) is 7.88. The average molecular weight is 210 g/mol. The molecule has 0 fully saturated rings. The summed E-state index contributed by atoms with van der Waals surface area (Å²) >= 11 is 0. The average Bonchev–Trinajstić information content (AvgIpc) is 2.60. The maximum absolute atomic E-state index is 11.9. The lowest BCUT2D eigenvalue weighted by atomic mass is 10.1. The Hall–Kier alpha value is -1.51. The lowest BCUT2D eigenvalue weighted by Crippen LogP contribution is -2.00. The minimum absolute atomic E-state index is 0.257. The zero-order valence-electron chi connectivity index (χ0n) is 7.88. The van der Waals surface area contributed by atoms with E-state index in [4.69, 9.17) is 0 Å². The van der Waals surface area contributed by atoms with E-state index in [9.17, 15) is 13.2 Å². The quantitative estimate of drug-likeness (QED) is 0.660. The Balaban J connectivity index is 2.24. The van der Waals surface area contributed by atoms with Gasteiger partial charge in [-0.1, -0.05) is 30.4 Å². The first-order chi connectivity index (χ1) is 7.04. The molecule has 0 unspecified atom stereocenters. The van der Waals surface area contributed by atoms with Gasteiger partial charge in [-0.05, 0) is 29.2 Å². The number of fused-ring (bicyclic) bond motifs is 1. The molecule has 0 bridgehead atoms. The highest BCUT2D eigenvalue weighted by atomic mass is 19.4. The Morgan fingerprint density at radius 3 is 2.73 bits per heavy atom. The summed E-state index contributed by atoms with van der Waals surface area (Å²) in [5.41, 5.74) is 2.76. The van der Waals surface area contributed by atoms with Crippen LogP contribution in [-0.2, 0) is 6.42 Å². The van der Waals surface area contributed by atoms with Gasteiger partial charge in [0.1, 0.15) is 0 Å². The van der Waals surface area contributed by atoms with Crippen LogP contribution in [-0.4, -0.2) is 6.18 Å². The molecule has 0 saturated heterocycles. The molecule has 0 aromatic heterocycles. The van der Waals surface area contributed by atoms with Crippen LogP contribution >= 0.6 is 0 Å². The maximum Gasteiger partial charge on any atom is 0.409 e. The highest BCUT2D eigenvalue weighted by Crippen LogP contribution is 2.23. The summed E-state index contributed by atoms with van der Waals surface area (Å²) in [5.74, 6) is 0. The number of halogens is 3. The van der Waals surface area contributed by atoms with E-state index in [2.05, 4.69) is 0 Å². The van der Waals surface area contributed by atoms with E-state index < -0.39 is 6.18 Å². The van der Waals surface area contributed by atoms with Crippen LogP contribution in [0.3, 0.4) is 0 Å². The highest BCUT2D eigenvalue weighted by Gasteiger charge is 2.21. The molecule has 0 nitrogen and oxygen atoms in total. The first-order valence-electron chi connectivity index (χ1n) is 4.60. The van der Waals surface area contributed by atoms with Crippen LogP contribution in [0, 0.1) is 0 Å². The van der Waals surface area contributed by atoms with Crippen LogP contribution in [0.25, 0.3) is 12.2 Å². The monoisotopic (exact) mass is 210 g/mol. The number of hydrogen-bond donors (Lipinski definition) is 0. The largest absolute Gasteiger partial charge is 0.409 e. The molecule has 1 aliphatic carbocycles. The van der Waals surface area contributed by atoms with Crippen molar-refractivity contribution in [3.63, 3.8) is 0 Å². The summed E-state index contributed by atoms with van der Waals surface area (Å²) in [6, 6.07) is 5.33. The third-order valence-corrected chi connectivity index (χ3v) is 2.27. The molecule has 0 heterocycles. The predicted octanol–water partition coefficient (Wildman–Crippen LogP) is 3.83. The van der Waals surface area contributed by atoms with E-state index in [-0.39, 0.29) is 6.08 Å². The third-order valence-electron chi connectivity index (χ3n) is 2.27. The Kier molecular flexibility index (Phi) is 2.39. The van der Waals surface area contributed by atoms with Crippen LogP contribution in [0.5, 0.6) is 0 Å². The van der Waals surface area contributed by atoms with Crippen molar-refractivity contribution in [2.45, 2.75) is 12.6 Å². The van der Waals surface area contributed by atoms with Gasteiger partial charge in [-0.2, -0.15) is 13.2 Å². The minimum Gasteiger partial charge on any atom is -0.167 e. The highest BCUT2D eigenvalue weighted by molar-refractivity contribution is 5.64. The van der Waals surface area contributed by atoms with E-state index in [0.29, 0.717) is 5.56 Å². The van der Waals surface area contributed by atoms with Gasteiger partial charge in [-0.3, -0.25) is 0 Å². The topological polar surface area (TPSA) is 0 Å². The number of alkyl halides is 3.